The van der Waals surface area contributed by atoms with Gasteiger partial charge in [0.1, 0.15) is 0 Å². The third-order valence-corrected chi connectivity index (χ3v) is 3.01. The van der Waals surface area contributed by atoms with Crippen molar-refractivity contribution >= 4 is 29.0 Å². The van der Waals surface area contributed by atoms with Crippen molar-refractivity contribution in [1.29, 1.82) is 0 Å². The molecule has 2 rings (SSSR count). The van der Waals surface area contributed by atoms with Crippen molar-refractivity contribution in [2.45, 2.75) is 54.4 Å². The molecule has 0 radical (unpaired) electrons. The molecule has 2 aliphatic carbocycles. The van der Waals surface area contributed by atoms with E-state index >= 15 is 0 Å². The predicted molar refractivity (Wildman–Crippen MR) is 102 cm³/mol. The van der Waals surface area contributed by atoms with Crippen LogP contribution in [0.3, 0.4) is 0 Å². The van der Waals surface area contributed by atoms with Gasteiger partial charge in [-0.25, -0.2) is 23.3 Å². The second kappa shape index (κ2) is 12.7. The van der Waals surface area contributed by atoms with Gasteiger partial charge in [0.25, 0.3) is 0 Å². The summed E-state index contributed by atoms with van der Waals surface area (Å²) in [4.78, 5) is 0. The van der Waals surface area contributed by atoms with Gasteiger partial charge in [0.05, 0.1) is 0 Å². The monoisotopic (exact) mass is 418 g/mol. The summed E-state index contributed by atoms with van der Waals surface area (Å²) in [7, 11) is 0. The number of rotatable bonds is 0. The molecule has 124 valence electrons. The second-order valence-corrected chi connectivity index (χ2v) is 6.89. The molecule has 22 heavy (non-hydrogen) atoms. The van der Waals surface area contributed by atoms with Gasteiger partial charge in [-0.2, -0.15) is 12.2 Å². The molecule has 0 aromatic rings. The van der Waals surface area contributed by atoms with Gasteiger partial charge in [0, 0.05) is 0 Å². The first-order valence-electron chi connectivity index (χ1n) is 7.12. The zero-order chi connectivity index (χ0) is 15.8. The minimum atomic E-state index is 0. The fourth-order valence-corrected chi connectivity index (χ4v) is 1.84. The molecule has 0 N–H and O–H groups in total. The van der Waals surface area contributed by atoms with Gasteiger partial charge in [0.2, 0.25) is 0 Å². The van der Waals surface area contributed by atoms with Gasteiger partial charge in [-0.3, -0.25) is 12.2 Å². The molecule has 2 aliphatic rings. The van der Waals surface area contributed by atoms with Crippen LogP contribution in [0.25, 0.3) is 0 Å². The first-order valence-corrected chi connectivity index (χ1v) is 8.86. The van der Waals surface area contributed by atoms with E-state index in [4.69, 9.17) is 0 Å². The van der Waals surface area contributed by atoms with Crippen molar-refractivity contribution in [3.8, 4) is 0 Å². The molecule has 0 heterocycles. The quantitative estimate of drug-likeness (QED) is 0.406. The van der Waals surface area contributed by atoms with E-state index in [1.54, 1.807) is 0 Å². The Morgan fingerprint density at radius 3 is 1.14 bits per heavy atom. The van der Waals surface area contributed by atoms with Crippen LogP contribution >= 0.6 is 24.8 Å². The minimum absolute atomic E-state index is 0. The molecule has 0 fully saturated rings. The standard InChI is InChI=1S/2C9H13.CH2.2ClH.Zr/c2*1-9(2,3)8-6-4-5-7-8;;;;/h2*4,6H,5H2,1-3H3;1H2;2*1H;/q2*-1;;;;+2. The molecule has 0 unspecified atom stereocenters. The average Bonchev–Trinajstić information content (AvgIpc) is 3.04. The summed E-state index contributed by atoms with van der Waals surface area (Å²) >= 11 is 1.30. The summed E-state index contributed by atoms with van der Waals surface area (Å²) < 4.78 is 3.34. The van der Waals surface area contributed by atoms with Crippen molar-refractivity contribution in [2.24, 2.45) is 10.8 Å². The molecular weight excluding hydrogens is 390 g/mol. The van der Waals surface area contributed by atoms with Crippen LogP contribution in [0.1, 0.15) is 54.4 Å². The van der Waals surface area contributed by atoms with Crippen molar-refractivity contribution in [3.05, 3.63) is 47.6 Å². The fraction of sp³-hybridized carbons (Fsp3) is 0.526. The summed E-state index contributed by atoms with van der Waals surface area (Å²) in [5, 5.41) is 0. The molecule has 0 nitrogen and oxygen atoms in total. The zero-order valence-corrected chi connectivity index (χ0v) is 18.8. The zero-order valence-electron chi connectivity index (χ0n) is 14.7. The topological polar surface area (TPSA) is 0 Å². The maximum absolute atomic E-state index is 3.34. The van der Waals surface area contributed by atoms with E-state index in [1.165, 1.54) is 35.4 Å². The van der Waals surface area contributed by atoms with Crippen molar-refractivity contribution in [2.75, 3.05) is 0 Å². The van der Waals surface area contributed by atoms with Crippen molar-refractivity contribution in [3.63, 3.8) is 0 Å². The van der Waals surface area contributed by atoms with E-state index in [0.717, 1.165) is 12.8 Å². The predicted octanol–water partition coefficient (Wildman–Crippen LogP) is 6.25. The summed E-state index contributed by atoms with van der Waals surface area (Å²) in [5.74, 6) is 0. The third-order valence-electron chi connectivity index (χ3n) is 3.01. The number of allylic oxidation sites excluding steroid dienone is 8. The van der Waals surface area contributed by atoms with Gasteiger partial charge in [0.15, 0.2) is 0 Å². The van der Waals surface area contributed by atoms with E-state index < -0.39 is 0 Å². The van der Waals surface area contributed by atoms with Crippen molar-refractivity contribution in [1.82, 2.24) is 0 Å². The first-order chi connectivity index (χ1) is 9.21. The molecule has 0 aromatic heterocycles. The molecule has 0 atom stereocenters. The van der Waals surface area contributed by atoms with E-state index in [2.05, 4.69) is 82.2 Å². The average molecular weight is 421 g/mol. The van der Waals surface area contributed by atoms with Crippen molar-refractivity contribution < 1.29 is 24.2 Å². The Morgan fingerprint density at radius 1 is 0.773 bits per heavy atom. The van der Waals surface area contributed by atoms with Crippen LogP contribution in [0.15, 0.2) is 35.5 Å². The fourth-order valence-electron chi connectivity index (χ4n) is 1.84. The normalized spacial score (nSPS) is 15.3. The molecule has 0 saturated heterocycles. The Labute approximate surface area is 165 Å². The van der Waals surface area contributed by atoms with Crippen LogP contribution in [0.2, 0.25) is 0 Å². The number of hydrogen-bond donors (Lipinski definition) is 0. The molecule has 0 bridgehead atoms. The van der Waals surface area contributed by atoms with Gasteiger partial charge in [-0.15, -0.1) is 37.7 Å². The van der Waals surface area contributed by atoms with E-state index in [9.17, 15) is 0 Å². The Balaban J connectivity index is -0.000000273. The van der Waals surface area contributed by atoms with Gasteiger partial charge < -0.3 is 0 Å². The maximum atomic E-state index is 3.34. The molecular formula is C19H30Cl2Zr. The Hall–Kier alpha value is 0.293. The molecule has 0 aliphatic heterocycles. The molecule has 0 spiro atoms. The van der Waals surface area contributed by atoms with Crippen LogP contribution in [0.4, 0.5) is 0 Å². The molecule has 0 aromatic carbocycles. The van der Waals surface area contributed by atoms with Crippen LogP contribution in [-0.4, -0.2) is 4.21 Å². The van der Waals surface area contributed by atoms with Gasteiger partial charge in [-0.05, 0) is 10.8 Å². The van der Waals surface area contributed by atoms with Gasteiger partial charge >= 0.3 is 28.4 Å². The van der Waals surface area contributed by atoms with E-state index in [0.29, 0.717) is 10.8 Å². The van der Waals surface area contributed by atoms with Gasteiger partial charge in [-0.1, -0.05) is 41.5 Å². The second-order valence-electron chi connectivity index (χ2n) is 6.89. The van der Waals surface area contributed by atoms with E-state index in [-0.39, 0.29) is 24.8 Å². The molecule has 0 saturated carbocycles. The number of halogens is 2. The Bertz CT molecular complexity index is 376. The van der Waals surface area contributed by atoms with Crippen LogP contribution in [0, 0.1) is 23.0 Å². The van der Waals surface area contributed by atoms with Crippen LogP contribution < -0.4 is 0 Å². The van der Waals surface area contributed by atoms with Crippen LogP contribution in [-0.2, 0) is 24.2 Å². The molecule has 0 amide bonds. The third kappa shape index (κ3) is 10.9. The summed E-state index contributed by atoms with van der Waals surface area (Å²) in [6.07, 6.45) is 17.3. The van der Waals surface area contributed by atoms with E-state index in [1.807, 2.05) is 0 Å². The SMILES string of the molecule is CC(C)(C)C1=[C-]CC=C1.CC(C)(C)C1=[C-]CC=C1.Cl.Cl.[CH2]=[Zr+2]. The Morgan fingerprint density at radius 2 is 1.05 bits per heavy atom. The first kappa shape index (κ1) is 27.2. The molecule has 3 heteroatoms. The summed E-state index contributed by atoms with van der Waals surface area (Å²) in [6.45, 7) is 13.3. The summed E-state index contributed by atoms with van der Waals surface area (Å²) in [5.41, 5.74) is 3.30. The Kier molecular flexibility index (Phi) is 15.7. The van der Waals surface area contributed by atoms with Crippen LogP contribution in [0.5, 0.6) is 0 Å². The number of hydrogen-bond acceptors (Lipinski definition) is 0. The summed E-state index contributed by atoms with van der Waals surface area (Å²) in [6, 6.07) is 0.